The van der Waals surface area contributed by atoms with Crippen molar-refractivity contribution in [2.75, 3.05) is 7.11 Å². The van der Waals surface area contributed by atoms with Crippen LogP contribution in [0.3, 0.4) is 0 Å². The van der Waals surface area contributed by atoms with Gasteiger partial charge in [-0.1, -0.05) is 0 Å². The largest absolute Gasteiger partial charge is 0.495 e. The lowest BCUT2D eigenvalue weighted by Crippen LogP contribution is -2.07. The van der Waals surface area contributed by atoms with Crippen molar-refractivity contribution in [3.05, 3.63) is 50.1 Å². The van der Waals surface area contributed by atoms with Gasteiger partial charge in [0.05, 0.1) is 17.1 Å². The highest BCUT2D eigenvalue weighted by Crippen LogP contribution is 2.30. The smallest absolute Gasteiger partial charge is 0.212 e. The van der Waals surface area contributed by atoms with Crippen LogP contribution in [0.1, 0.15) is 15.2 Å². The number of methoxy groups -OCH3 is 1. The third-order valence-corrected chi connectivity index (χ3v) is 3.83. The molecule has 18 heavy (non-hydrogen) atoms. The lowest BCUT2D eigenvalue weighted by atomic mass is 10.1. The maximum atomic E-state index is 13.8. The lowest BCUT2D eigenvalue weighted by Gasteiger charge is -2.06. The number of rotatable bonds is 3. The predicted octanol–water partition coefficient (Wildman–Crippen LogP) is 4.03. The van der Waals surface area contributed by atoms with Gasteiger partial charge in [0.2, 0.25) is 5.78 Å². The van der Waals surface area contributed by atoms with Crippen LogP contribution in [0.25, 0.3) is 0 Å². The Morgan fingerprint density at radius 1 is 1.33 bits per heavy atom. The fourth-order valence-electron chi connectivity index (χ4n) is 1.47. The van der Waals surface area contributed by atoms with Crippen LogP contribution in [-0.4, -0.2) is 12.9 Å². The summed E-state index contributed by atoms with van der Waals surface area (Å²) in [5, 5.41) is 1.62. The van der Waals surface area contributed by atoms with Gasteiger partial charge in [0, 0.05) is 0 Å². The molecule has 1 aromatic heterocycles. The molecule has 2 nitrogen and oxygen atoms in total. The lowest BCUT2D eigenvalue weighted by molar-refractivity contribution is 0.103. The molecule has 0 fully saturated rings. The normalized spacial score (nSPS) is 10.4. The first-order chi connectivity index (χ1) is 8.56. The van der Waals surface area contributed by atoms with Crippen LogP contribution in [0.15, 0.2) is 28.1 Å². The number of benzene rings is 1. The average molecular weight is 333 g/mol. The first kappa shape index (κ1) is 13.2. The second-order valence-electron chi connectivity index (χ2n) is 3.37. The van der Waals surface area contributed by atoms with E-state index < -0.39 is 23.0 Å². The van der Waals surface area contributed by atoms with Gasteiger partial charge in [0.1, 0.15) is 16.4 Å². The number of halogens is 3. The summed E-state index contributed by atoms with van der Waals surface area (Å²) in [4.78, 5) is 12.3. The zero-order valence-corrected chi connectivity index (χ0v) is 11.6. The highest BCUT2D eigenvalue weighted by molar-refractivity contribution is 9.10. The van der Waals surface area contributed by atoms with E-state index in [-0.39, 0.29) is 9.35 Å². The predicted molar refractivity (Wildman–Crippen MR) is 68.4 cm³/mol. The molecule has 0 bridgehead atoms. The molecule has 1 aromatic carbocycles. The minimum Gasteiger partial charge on any atom is -0.495 e. The highest BCUT2D eigenvalue weighted by atomic mass is 79.9. The van der Waals surface area contributed by atoms with E-state index in [4.69, 9.17) is 4.74 Å². The molecule has 0 atom stereocenters. The molecule has 0 aliphatic carbocycles. The molecule has 0 N–H and O–H groups in total. The molecule has 0 amide bonds. The van der Waals surface area contributed by atoms with Crippen molar-refractivity contribution in [2.45, 2.75) is 0 Å². The summed E-state index contributed by atoms with van der Waals surface area (Å²) in [5.41, 5.74) is -0.579. The van der Waals surface area contributed by atoms with Gasteiger partial charge < -0.3 is 4.74 Å². The number of ketones is 1. The quantitative estimate of drug-likeness (QED) is 0.626. The van der Waals surface area contributed by atoms with E-state index >= 15 is 0 Å². The van der Waals surface area contributed by atoms with E-state index in [2.05, 4.69) is 15.9 Å². The first-order valence-electron chi connectivity index (χ1n) is 4.86. The molecule has 0 aliphatic heterocycles. The summed E-state index contributed by atoms with van der Waals surface area (Å²) in [6.45, 7) is 0. The maximum Gasteiger partial charge on any atom is 0.212 e. The van der Waals surface area contributed by atoms with Gasteiger partial charge in [0.15, 0.2) is 5.82 Å². The molecule has 0 radical (unpaired) electrons. The summed E-state index contributed by atoms with van der Waals surface area (Å²) in [7, 11) is 1.40. The van der Waals surface area contributed by atoms with Gasteiger partial charge in [-0.25, -0.2) is 8.78 Å². The molecule has 2 rings (SSSR count). The van der Waals surface area contributed by atoms with Crippen molar-refractivity contribution in [3.8, 4) is 5.75 Å². The topological polar surface area (TPSA) is 26.3 Å². The number of hydrogen-bond donors (Lipinski definition) is 0. The minimum absolute atomic E-state index is 0.0442. The van der Waals surface area contributed by atoms with Crippen LogP contribution >= 0.6 is 27.3 Å². The Kier molecular flexibility index (Phi) is 3.77. The number of ether oxygens (including phenoxy) is 1. The van der Waals surface area contributed by atoms with E-state index in [0.717, 1.165) is 17.4 Å². The van der Waals surface area contributed by atoms with Crippen LogP contribution in [0.5, 0.6) is 5.75 Å². The van der Waals surface area contributed by atoms with Gasteiger partial charge in [-0.15, -0.1) is 11.3 Å². The van der Waals surface area contributed by atoms with Crippen LogP contribution in [0, 0.1) is 11.6 Å². The van der Waals surface area contributed by atoms with Gasteiger partial charge in [-0.2, -0.15) is 0 Å². The van der Waals surface area contributed by atoms with E-state index in [1.807, 2.05) is 0 Å². The van der Waals surface area contributed by atoms with Gasteiger partial charge in [-0.3, -0.25) is 4.79 Å². The second kappa shape index (κ2) is 5.16. The summed E-state index contributed by atoms with van der Waals surface area (Å²) in [5.74, 6) is -2.21. The van der Waals surface area contributed by atoms with Crippen LogP contribution in [-0.2, 0) is 0 Å². The Hall–Kier alpha value is -1.27. The van der Waals surface area contributed by atoms with E-state index in [1.54, 1.807) is 11.4 Å². The zero-order valence-electron chi connectivity index (χ0n) is 9.17. The van der Waals surface area contributed by atoms with Crippen LogP contribution in [0.2, 0.25) is 0 Å². The molecule has 0 saturated heterocycles. The van der Waals surface area contributed by atoms with E-state index in [0.29, 0.717) is 5.75 Å². The first-order valence-corrected chi connectivity index (χ1v) is 6.53. The molecule has 0 spiro atoms. The number of carbonyl (C=O) groups is 1. The van der Waals surface area contributed by atoms with Crippen molar-refractivity contribution >= 4 is 33.0 Å². The SMILES string of the molecule is COc1ccsc1C(=O)c1c(F)ccc(Br)c1F. The van der Waals surface area contributed by atoms with Crippen LogP contribution < -0.4 is 4.74 Å². The molecule has 6 heteroatoms. The van der Waals surface area contributed by atoms with Gasteiger partial charge in [0.25, 0.3) is 0 Å². The third-order valence-electron chi connectivity index (χ3n) is 2.33. The molecule has 0 aliphatic rings. The third kappa shape index (κ3) is 2.18. The Balaban J connectivity index is 2.56. The Bertz CT molecular complexity index is 610. The monoisotopic (exact) mass is 332 g/mol. The highest BCUT2D eigenvalue weighted by Gasteiger charge is 2.24. The Morgan fingerprint density at radius 3 is 2.72 bits per heavy atom. The van der Waals surface area contributed by atoms with Crippen molar-refractivity contribution in [3.63, 3.8) is 0 Å². The summed E-state index contributed by atoms with van der Waals surface area (Å²) in [6, 6.07) is 3.83. The van der Waals surface area contributed by atoms with E-state index in [9.17, 15) is 13.6 Å². The summed E-state index contributed by atoms with van der Waals surface area (Å²) >= 11 is 4.00. The van der Waals surface area contributed by atoms with Crippen molar-refractivity contribution in [1.29, 1.82) is 0 Å². The number of thiophene rings is 1. The van der Waals surface area contributed by atoms with Gasteiger partial charge >= 0.3 is 0 Å². The molecule has 94 valence electrons. The summed E-state index contributed by atoms with van der Waals surface area (Å²) < 4.78 is 32.4. The molecule has 2 aromatic rings. The van der Waals surface area contributed by atoms with Gasteiger partial charge in [-0.05, 0) is 39.5 Å². The summed E-state index contributed by atoms with van der Waals surface area (Å²) in [6.07, 6.45) is 0. The Morgan fingerprint density at radius 2 is 2.06 bits per heavy atom. The maximum absolute atomic E-state index is 13.8. The van der Waals surface area contributed by atoms with Crippen molar-refractivity contribution in [1.82, 2.24) is 0 Å². The zero-order chi connectivity index (χ0) is 13.3. The molecule has 0 saturated carbocycles. The van der Waals surface area contributed by atoms with Crippen LogP contribution in [0.4, 0.5) is 8.78 Å². The van der Waals surface area contributed by atoms with Crippen molar-refractivity contribution < 1.29 is 18.3 Å². The number of carbonyl (C=O) groups excluding carboxylic acids is 1. The fraction of sp³-hybridized carbons (Fsp3) is 0.0833. The average Bonchev–Trinajstić information content (AvgIpc) is 2.82. The standard InChI is InChI=1S/C12H7BrF2O2S/c1-17-8-4-5-18-12(8)11(16)9-7(14)3-2-6(13)10(9)15/h2-5H,1H3. The molecule has 0 unspecified atom stereocenters. The molecular weight excluding hydrogens is 326 g/mol. The second-order valence-corrected chi connectivity index (χ2v) is 5.14. The molecule has 1 heterocycles. The fourth-order valence-corrected chi connectivity index (χ4v) is 2.61. The van der Waals surface area contributed by atoms with Crippen molar-refractivity contribution in [2.24, 2.45) is 0 Å². The Labute approximate surface area is 114 Å². The molecular formula is C12H7BrF2O2S. The minimum atomic E-state index is -0.907. The van der Waals surface area contributed by atoms with E-state index in [1.165, 1.54) is 13.2 Å². The number of hydrogen-bond acceptors (Lipinski definition) is 3.